The Bertz CT molecular complexity index is 239. The summed E-state index contributed by atoms with van der Waals surface area (Å²) in [7, 11) is 0. The normalized spacial score (nSPS) is 13.2. The van der Waals surface area contributed by atoms with Crippen molar-refractivity contribution in [1.29, 1.82) is 0 Å². The van der Waals surface area contributed by atoms with Gasteiger partial charge in [-0.2, -0.15) is 0 Å². The van der Waals surface area contributed by atoms with Crippen LogP contribution in [-0.2, 0) is 0 Å². The molecule has 1 aromatic rings. The average molecular weight is 206 g/mol. The molecule has 0 aliphatic heterocycles. The summed E-state index contributed by atoms with van der Waals surface area (Å²) < 4.78 is 5.17. The number of alkyl halides is 1. The maximum Gasteiger partial charge on any atom is 0.255 e. The van der Waals surface area contributed by atoms with Crippen LogP contribution in [-0.4, -0.2) is 16.6 Å². The maximum atomic E-state index is 5.66. The molecule has 0 N–H and O–H groups in total. The Labute approximate surface area is 81.7 Å². The molecular weight excluding hydrogens is 194 g/mol. The zero-order valence-corrected chi connectivity index (χ0v) is 8.78. The number of aryl methyl sites for hydroxylation is 1. The number of oxazole rings is 1. The van der Waals surface area contributed by atoms with Gasteiger partial charge in [0.2, 0.25) is 0 Å². The minimum absolute atomic E-state index is 0.504. The molecule has 0 radical (unpaired) electrons. The SMILES string of the molecule is Cc1coc(SCC(C)CCl)n1. The largest absolute Gasteiger partial charge is 0.440 e. The Morgan fingerprint density at radius 1 is 1.75 bits per heavy atom. The molecule has 1 rings (SSSR count). The molecule has 0 saturated carbocycles. The van der Waals surface area contributed by atoms with Crippen molar-refractivity contribution in [3.63, 3.8) is 0 Å². The summed E-state index contributed by atoms with van der Waals surface area (Å²) in [6.07, 6.45) is 1.66. The minimum atomic E-state index is 0.504. The van der Waals surface area contributed by atoms with Gasteiger partial charge in [-0.05, 0) is 12.8 Å². The molecule has 0 aromatic carbocycles. The molecule has 12 heavy (non-hydrogen) atoms. The van der Waals surface area contributed by atoms with Gasteiger partial charge in [0, 0.05) is 11.6 Å². The first-order valence-corrected chi connectivity index (χ1v) is 5.35. The Hall–Kier alpha value is -0.150. The van der Waals surface area contributed by atoms with Gasteiger partial charge in [0.05, 0.1) is 5.69 Å². The van der Waals surface area contributed by atoms with E-state index in [9.17, 15) is 0 Å². The predicted octanol–water partition coefficient (Wildman–Crippen LogP) is 2.95. The summed E-state index contributed by atoms with van der Waals surface area (Å²) >= 11 is 7.27. The van der Waals surface area contributed by atoms with Crippen LogP contribution in [0.15, 0.2) is 15.9 Å². The molecule has 1 heterocycles. The molecule has 0 saturated heterocycles. The summed E-state index contributed by atoms with van der Waals surface area (Å²) in [6.45, 7) is 4.02. The van der Waals surface area contributed by atoms with Gasteiger partial charge in [0.1, 0.15) is 6.26 Å². The highest BCUT2D eigenvalue weighted by molar-refractivity contribution is 7.99. The van der Waals surface area contributed by atoms with Crippen LogP contribution < -0.4 is 0 Å². The van der Waals surface area contributed by atoms with E-state index in [1.165, 1.54) is 0 Å². The van der Waals surface area contributed by atoms with Crippen molar-refractivity contribution in [2.24, 2.45) is 5.92 Å². The second-order valence-corrected chi connectivity index (χ2v) is 4.11. The van der Waals surface area contributed by atoms with E-state index < -0.39 is 0 Å². The van der Waals surface area contributed by atoms with Crippen LogP contribution in [0.2, 0.25) is 0 Å². The van der Waals surface area contributed by atoms with Crippen molar-refractivity contribution in [1.82, 2.24) is 4.98 Å². The topological polar surface area (TPSA) is 26.0 Å². The van der Waals surface area contributed by atoms with Crippen molar-refractivity contribution < 1.29 is 4.42 Å². The van der Waals surface area contributed by atoms with Gasteiger partial charge in [-0.15, -0.1) is 11.6 Å². The van der Waals surface area contributed by atoms with Crippen molar-refractivity contribution in [3.05, 3.63) is 12.0 Å². The second kappa shape index (κ2) is 4.77. The summed E-state index contributed by atoms with van der Waals surface area (Å²) in [5, 5.41) is 0.740. The van der Waals surface area contributed by atoms with E-state index in [0.717, 1.165) is 16.7 Å². The molecule has 1 atom stereocenters. The molecule has 68 valence electrons. The van der Waals surface area contributed by atoms with Crippen molar-refractivity contribution >= 4 is 23.4 Å². The number of hydrogen-bond donors (Lipinski definition) is 0. The molecule has 0 amide bonds. The van der Waals surface area contributed by atoms with E-state index in [1.807, 2.05) is 6.92 Å². The van der Waals surface area contributed by atoms with E-state index in [0.29, 0.717) is 11.8 Å². The van der Waals surface area contributed by atoms with E-state index >= 15 is 0 Å². The molecular formula is C8H12ClNOS. The van der Waals surface area contributed by atoms with E-state index in [-0.39, 0.29) is 0 Å². The average Bonchev–Trinajstić information content (AvgIpc) is 2.47. The molecule has 0 bridgehead atoms. The third kappa shape index (κ3) is 3.07. The van der Waals surface area contributed by atoms with Crippen molar-refractivity contribution in [3.8, 4) is 0 Å². The first kappa shape index (κ1) is 9.93. The Morgan fingerprint density at radius 2 is 2.50 bits per heavy atom. The predicted molar refractivity (Wildman–Crippen MR) is 51.8 cm³/mol. The van der Waals surface area contributed by atoms with Gasteiger partial charge in [0.25, 0.3) is 5.22 Å². The first-order valence-electron chi connectivity index (χ1n) is 3.83. The summed E-state index contributed by atoms with van der Waals surface area (Å²) in [5.74, 6) is 2.15. The molecule has 0 aliphatic rings. The smallest absolute Gasteiger partial charge is 0.255 e. The van der Waals surface area contributed by atoms with Crippen LogP contribution in [0.3, 0.4) is 0 Å². The van der Waals surface area contributed by atoms with Gasteiger partial charge >= 0.3 is 0 Å². The molecule has 1 aromatic heterocycles. The monoisotopic (exact) mass is 205 g/mol. The number of thioether (sulfide) groups is 1. The maximum absolute atomic E-state index is 5.66. The van der Waals surface area contributed by atoms with Gasteiger partial charge in [-0.3, -0.25) is 0 Å². The van der Waals surface area contributed by atoms with Crippen LogP contribution >= 0.6 is 23.4 Å². The van der Waals surface area contributed by atoms with E-state index in [2.05, 4.69) is 11.9 Å². The molecule has 0 aliphatic carbocycles. The number of halogens is 1. The van der Waals surface area contributed by atoms with Crippen LogP contribution in [0.5, 0.6) is 0 Å². The minimum Gasteiger partial charge on any atom is -0.440 e. The van der Waals surface area contributed by atoms with Crippen LogP contribution in [0.1, 0.15) is 12.6 Å². The summed E-state index contributed by atoms with van der Waals surface area (Å²) in [4.78, 5) is 4.17. The summed E-state index contributed by atoms with van der Waals surface area (Å²) in [5.41, 5.74) is 0.927. The fourth-order valence-electron chi connectivity index (χ4n) is 0.657. The number of nitrogens with zero attached hydrogens (tertiary/aromatic N) is 1. The number of aromatic nitrogens is 1. The molecule has 2 nitrogen and oxygen atoms in total. The van der Waals surface area contributed by atoms with Crippen LogP contribution in [0, 0.1) is 12.8 Å². The zero-order chi connectivity index (χ0) is 8.97. The van der Waals surface area contributed by atoms with Gasteiger partial charge in [-0.1, -0.05) is 18.7 Å². The Morgan fingerprint density at radius 3 is 3.00 bits per heavy atom. The van der Waals surface area contributed by atoms with E-state index in [1.54, 1.807) is 18.0 Å². The first-order chi connectivity index (χ1) is 5.72. The van der Waals surface area contributed by atoms with Crippen molar-refractivity contribution in [2.45, 2.75) is 19.1 Å². The molecule has 0 fully saturated rings. The fourth-order valence-corrected chi connectivity index (χ4v) is 1.76. The van der Waals surface area contributed by atoms with E-state index in [4.69, 9.17) is 16.0 Å². The highest BCUT2D eigenvalue weighted by Crippen LogP contribution is 2.19. The lowest BCUT2D eigenvalue weighted by atomic mass is 10.3. The standard InChI is InChI=1S/C8H12ClNOS/c1-6(3-9)5-12-8-10-7(2)4-11-8/h4,6H,3,5H2,1-2H3. The lowest BCUT2D eigenvalue weighted by Gasteiger charge is -2.02. The molecule has 0 spiro atoms. The van der Waals surface area contributed by atoms with Crippen LogP contribution in [0.4, 0.5) is 0 Å². The second-order valence-electron chi connectivity index (χ2n) is 2.83. The quantitative estimate of drug-likeness (QED) is 0.559. The zero-order valence-electron chi connectivity index (χ0n) is 7.21. The Balaban J connectivity index is 2.33. The third-order valence-corrected chi connectivity index (χ3v) is 3.05. The van der Waals surface area contributed by atoms with Crippen molar-refractivity contribution in [2.75, 3.05) is 11.6 Å². The molecule has 4 heteroatoms. The number of hydrogen-bond acceptors (Lipinski definition) is 3. The lowest BCUT2D eigenvalue weighted by Crippen LogP contribution is -1.98. The van der Waals surface area contributed by atoms with Crippen LogP contribution in [0.25, 0.3) is 0 Å². The van der Waals surface area contributed by atoms with Gasteiger partial charge in [0.15, 0.2) is 0 Å². The third-order valence-electron chi connectivity index (χ3n) is 1.35. The Kier molecular flexibility index (Phi) is 3.95. The highest BCUT2D eigenvalue weighted by atomic mass is 35.5. The molecule has 1 unspecified atom stereocenters. The highest BCUT2D eigenvalue weighted by Gasteiger charge is 2.05. The summed E-state index contributed by atoms with van der Waals surface area (Å²) in [6, 6.07) is 0. The number of rotatable bonds is 4. The lowest BCUT2D eigenvalue weighted by molar-refractivity contribution is 0.453. The van der Waals surface area contributed by atoms with Gasteiger partial charge < -0.3 is 4.42 Å². The van der Waals surface area contributed by atoms with Gasteiger partial charge in [-0.25, -0.2) is 4.98 Å². The fraction of sp³-hybridized carbons (Fsp3) is 0.625.